The van der Waals surface area contributed by atoms with Gasteiger partial charge in [-0.25, -0.2) is 0 Å². The molecule has 0 bridgehead atoms. The predicted molar refractivity (Wildman–Crippen MR) is 42.4 cm³/mol. The number of anilines is 1. The van der Waals surface area contributed by atoms with Crippen LogP contribution >= 0.6 is 11.6 Å². The second kappa shape index (κ2) is 2.27. The van der Waals surface area contributed by atoms with Crippen molar-refractivity contribution in [1.29, 1.82) is 0 Å². The van der Waals surface area contributed by atoms with Crippen molar-refractivity contribution in [1.82, 2.24) is 15.0 Å². The molecule has 1 aromatic heterocycles. The molecule has 1 fully saturated rings. The molecule has 2 rings (SSSR count). The maximum Gasteiger partial charge on any atom is 0.227 e. The van der Waals surface area contributed by atoms with Gasteiger partial charge in [0.15, 0.2) is 5.82 Å². The lowest BCUT2D eigenvalue weighted by molar-refractivity contribution is 0.141. The van der Waals surface area contributed by atoms with Crippen molar-refractivity contribution >= 4 is 17.5 Å². The number of aliphatic hydroxyl groups is 1. The fraction of sp³-hybridized carbons (Fsp3) is 0.500. The molecule has 64 valence electrons. The van der Waals surface area contributed by atoms with E-state index in [4.69, 9.17) is 17.3 Å². The van der Waals surface area contributed by atoms with Gasteiger partial charge in [-0.15, -0.1) is 0 Å². The highest BCUT2D eigenvalue weighted by Crippen LogP contribution is 2.43. The van der Waals surface area contributed by atoms with Crippen molar-refractivity contribution < 1.29 is 5.11 Å². The van der Waals surface area contributed by atoms with Crippen LogP contribution in [0.25, 0.3) is 0 Å². The van der Waals surface area contributed by atoms with E-state index in [2.05, 4.69) is 15.0 Å². The molecule has 1 heterocycles. The molecule has 1 aliphatic rings. The number of aromatic nitrogens is 3. The first-order valence-electron chi connectivity index (χ1n) is 3.50. The Morgan fingerprint density at radius 3 is 2.50 bits per heavy atom. The minimum Gasteiger partial charge on any atom is -0.382 e. The molecular formula is C6H7ClN4O. The van der Waals surface area contributed by atoms with Crippen molar-refractivity contribution in [2.75, 3.05) is 5.73 Å². The smallest absolute Gasteiger partial charge is 0.227 e. The SMILES string of the molecule is Nc1nc(Cl)nc(C2(O)CC2)n1. The first-order chi connectivity index (χ1) is 5.60. The van der Waals surface area contributed by atoms with Gasteiger partial charge in [-0.3, -0.25) is 0 Å². The summed E-state index contributed by atoms with van der Waals surface area (Å²) >= 11 is 5.53. The summed E-state index contributed by atoms with van der Waals surface area (Å²) in [6.45, 7) is 0. The maximum absolute atomic E-state index is 9.58. The number of rotatable bonds is 1. The molecule has 0 radical (unpaired) electrons. The minimum absolute atomic E-state index is 0.0258. The molecule has 1 saturated carbocycles. The molecule has 0 aromatic carbocycles. The molecule has 0 saturated heterocycles. The quantitative estimate of drug-likeness (QED) is 0.649. The van der Waals surface area contributed by atoms with Gasteiger partial charge in [0, 0.05) is 0 Å². The second-order valence-electron chi connectivity index (χ2n) is 2.82. The van der Waals surface area contributed by atoms with E-state index < -0.39 is 5.60 Å². The number of nitrogen functional groups attached to an aromatic ring is 1. The van der Waals surface area contributed by atoms with Crippen LogP contribution in [-0.4, -0.2) is 20.1 Å². The van der Waals surface area contributed by atoms with E-state index in [1.165, 1.54) is 0 Å². The number of halogens is 1. The van der Waals surface area contributed by atoms with E-state index in [1.54, 1.807) is 0 Å². The van der Waals surface area contributed by atoms with Crippen LogP contribution < -0.4 is 5.73 Å². The average Bonchev–Trinajstić information content (AvgIpc) is 2.67. The summed E-state index contributed by atoms with van der Waals surface area (Å²) in [4.78, 5) is 11.2. The summed E-state index contributed by atoms with van der Waals surface area (Å²) in [6.07, 6.45) is 1.32. The van der Waals surface area contributed by atoms with Crippen LogP contribution in [0.4, 0.5) is 5.95 Å². The Bertz CT molecular complexity index is 305. The monoisotopic (exact) mass is 186 g/mol. The number of nitrogens with zero attached hydrogens (tertiary/aromatic N) is 3. The van der Waals surface area contributed by atoms with E-state index in [1.807, 2.05) is 0 Å². The molecule has 1 aromatic rings. The number of hydrogen-bond acceptors (Lipinski definition) is 5. The molecule has 0 unspecified atom stereocenters. The summed E-state index contributed by atoms with van der Waals surface area (Å²) in [6, 6.07) is 0. The van der Waals surface area contributed by atoms with Gasteiger partial charge in [0.05, 0.1) is 0 Å². The van der Waals surface area contributed by atoms with Gasteiger partial charge in [0.25, 0.3) is 0 Å². The van der Waals surface area contributed by atoms with Crippen LogP contribution in [0.5, 0.6) is 0 Å². The van der Waals surface area contributed by atoms with Crippen LogP contribution in [0.15, 0.2) is 0 Å². The molecular weight excluding hydrogens is 180 g/mol. The summed E-state index contributed by atoms with van der Waals surface area (Å²) in [5.74, 6) is 0.324. The third-order valence-electron chi connectivity index (χ3n) is 1.77. The lowest BCUT2D eigenvalue weighted by Crippen LogP contribution is -2.13. The van der Waals surface area contributed by atoms with E-state index >= 15 is 0 Å². The first-order valence-corrected chi connectivity index (χ1v) is 3.88. The van der Waals surface area contributed by atoms with Gasteiger partial charge in [0.2, 0.25) is 11.2 Å². The van der Waals surface area contributed by atoms with Crippen molar-refractivity contribution in [2.45, 2.75) is 18.4 Å². The Labute approximate surface area is 73.6 Å². The van der Waals surface area contributed by atoms with Gasteiger partial charge in [0.1, 0.15) is 5.60 Å². The van der Waals surface area contributed by atoms with Gasteiger partial charge >= 0.3 is 0 Å². The molecule has 0 atom stereocenters. The topological polar surface area (TPSA) is 84.9 Å². The highest BCUT2D eigenvalue weighted by Gasteiger charge is 2.45. The normalized spacial score (nSPS) is 19.2. The molecule has 5 nitrogen and oxygen atoms in total. The lowest BCUT2D eigenvalue weighted by Gasteiger charge is -2.05. The number of nitrogens with two attached hydrogens (primary N) is 1. The fourth-order valence-electron chi connectivity index (χ4n) is 0.916. The third kappa shape index (κ3) is 1.21. The van der Waals surface area contributed by atoms with Crippen molar-refractivity contribution in [3.63, 3.8) is 0 Å². The molecule has 0 aliphatic heterocycles. The van der Waals surface area contributed by atoms with Crippen molar-refractivity contribution in [3.05, 3.63) is 11.1 Å². The Morgan fingerprint density at radius 1 is 1.33 bits per heavy atom. The predicted octanol–water partition coefficient (Wildman–Crippen LogP) is 0.0886. The first kappa shape index (κ1) is 7.70. The zero-order valence-corrected chi connectivity index (χ0v) is 6.91. The van der Waals surface area contributed by atoms with E-state index in [9.17, 15) is 5.11 Å². The van der Waals surface area contributed by atoms with Crippen LogP contribution in [0, 0.1) is 0 Å². The Balaban J connectivity index is 2.44. The summed E-state index contributed by atoms with van der Waals surface area (Å²) in [7, 11) is 0. The van der Waals surface area contributed by atoms with E-state index in [0.29, 0.717) is 12.8 Å². The molecule has 1 aliphatic carbocycles. The van der Waals surface area contributed by atoms with Crippen LogP contribution in [0.3, 0.4) is 0 Å². The fourth-order valence-corrected chi connectivity index (χ4v) is 1.08. The molecule has 0 amide bonds. The summed E-state index contributed by atoms with van der Waals surface area (Å²) < 4.78 is 0. The second-order valence-corrected chi connectivity index (χ2v) is 3.16. The largest absolute Gasteiger partial charge is 0.382 e. The highest BCUT2D eigenvalue weighted by atomic mass is 35.5. The van der Waals surface area contributed by atoms with Gasteiger partial charge in [-0.1, -0.05) is 0 Å². The zero-order valence-electron chi connectivity index (χ0n) is 6.16. The van der Waals surface area contributed by atoms with E-state index in [-0.39, 0.29) is 17.1 Å². The molecule has 0 spiro atoms. The minimum atomic E-state index is -0.902. The van der Waals surface area contributed by atoms with Crippen LogP contribution in [0.2, 0.25) is 5.28 Å². The van der Waals surface area contributed by atoms with Gasteiger partial charge in [-0.05, 0) is 24.4 Å². The van der Waals surface area contributed by atoms with Crippen LogP contribution in [-0.2, 0) is 5.60 Å². The Kier molecular flexibility index (Phi) is 1.46. The molecule has 6 heteroatoms. The summed E-state index contributed by atoms with van der Waals surface area (Å²) in [5, 5.41) is 9.61. The Hall–Kier alpha value is -0.940. The van der Waals surface area contributed by atoms with Gasteiger partial charge in [-0.2, -0.15) is 15.0 Å². The third-order valence-corrected chi connectivity index (χ3v) is 1.93. The van der Waals surface area contributed by atoms with Gasteiger partial charge < -0.3 is 10.8 Å². The van der Waals surface area contributed by atoms with Crippen LogP contribution in [0.1, 0.15) is 18.7 Å². The standard InChI is InChI=1S/C6H7ClN4O/c7-4-9-3(6(12)1-2-6)10-5(8)11-4/h12H,1-2H2,(H2,8,9,10,11). The summed E-state index contributed by atoms with van der Waals surface area (Å²) in [5.41, 5.74) is 4.42. The lowest BCUT2D eigenvalue weighted by atomic mass is 10.3. The maximum atomic E-state index is 9.58. The Morgan fingerprint density at radius 2 is 2.00 bits per heavy atom. The van der Waals surface area contributed by atoms with Crippen molar-refractivity contribution in [2.24, 2.45) is 0 Å². The van der Waals surface area contributed by atoms with Crippen molar-refractivity contribution in [3.8, 4) is 0 Å². The average molecular weight is 187 g/mol. The highest BCUT2D eigenvalue weighted by molar-refractivity contribution is 6.28. The zero-order chi connectivity index (χ0) is 8.77. The molecule has 12 heavy (non-hydrogen) atoms. The number of hydrogen-bond donors (Lipinski definition) is 2. The van der Waals surface area contributed by atoms with E-state index in [0.717, 1.165) is 0 Å². The molecule has 3 N–H and O–H groups in total.